The van der Waals surface area contributed by atoms with Crippen LogP contribution in [0, 0.1) is 0 Å². The van der Waals surface area contributed by atoms with Crippen LogP contribution in [0.5, 0.6) is 0 Å². The van der Waals surface area contributed by atoms with Crippen LogP contribution in [0.4, 0.5) is 5.69 Å². The Morgan fingerprint density at radius 2 is 2.06 bits per heavy atom. The Bertz CT molecular complexity index is 456. The van der Waals surface area contributed by atoms with Crippen LogP contribution in [-0.4, -0.2) is 36.1 Å². The van der Waals surface area contributed by atoms with Crippen molar-refractivity contribution in [3.05, 3.63) is 29.8 Å². The molecule has 2 N–H and O–H groups in total. The fraction of sp³-hybridized carbons (Fsp3) is 0.385. The lowest BCUT2D eigenvalue weighted by molar-refractivity contribution is -0.135. The monoisotopic (exact) mass is 248 g/mol. The van der Waals surface area contributed by atoms with E-state index in [4.69, 9.17) is 5.11 Å². The van der Waals surface area contributed by atoms with Gasteiger partial charge in [-0.1, -0.05) is 0 Å². The van der Waals surface area contributed by atoms with Crippen LogP contribution < -0.4 is 10.2 Å². The number of aliphatic carboxylic acids is 1. The fourth-order valence-electron chi connectivity index (χ4n) is 1.96. The summed E-state index contributed by atoms with van der Waals surface area (Å²) in [4.78, 5) is 24.2. The normalized spacial score (nSPS) is 18.1. The molecule has 1 aromatic carbocycles. The molecule has 0 saturated carbocycles. The number of anilines is 1. The highest BCUT2D eigenvalue weighted by molar-refractivity contribution is 5.96. The predicted octanol–water partition coefficient (Wildman–Crippen LogP) is 1.10. The third kappa shape index (κ3) is 2.61. The molecular weight excluding hydrogens is 232 g/mol. The number of nitrogens with one attached hydrogen (secondary N) is 1. The third-order valence-electron chi connectivity index (χ3n) is 3.18. The van der Waals surface area contributed by atoms with Gasteiger partial charge in [-0.25, -0.2) is 0 Å². The zero-order chi connectivity index (χ0) is 13.1. The summed E-state index contributed by atoms with van der Waals surface area (Å²) in [7, 11) is 0. The first-order valence-electron chi connectivity index (χ1n) is 5.94. The molecule has 1 amide bonds. The summed E-state index contributed by atoms with van der Waals surface area (Å²) < 4.78 is 0. The molecule has 5 nitrogen and oxygen atoms in total. The molecule has 1 aliphatic heterocycles. The highest BCUT2D eigenvalue weighted by atomic mass is 16.4. The number of amides is 1. The molecule has 5 heteroatoms. The van der Waals surface area contributed by atoms with Gasteiger partial charge in [-0.15, -0.1) is 0 Å². The Balaban J connectivity index is 1.98. The summed E-state index contributed by atoms with van der Waals surface area (Å²) >= 11 is 0. The van der Waals surface area contributed by atoms with Gasteiger partial charge in [0.25, 0.3) is 5.91 Å². The first-order valence-corrected chi connectivity index (χ1v) is 5.94. The van der Waals surface area contributed by atoms with Gasteiger partial charge in [-0.2, -0.15) is 0 Å². The second-order valence-electron chi connectivity index (χ2n) is 4.45. The molecule has 0 radical (unpaired) electrons. The van der Waals surface area contributed by atoms with Gasteiger partial charge < -0.3 is 15.3 Å². The van der Waals surface area contributed by atoms with Crippen molar-refractivity contribution < 1.29 is 14.7 Å². The summed E-state index contributed by atoms with van der Waals surface area (Å²) in [5, 5.41) is 10.8. The number of hydrogen-bond donors (Lipinski definition) is 2. The maximum atomic E-state index is 11.6. The minimum Gasteiger partial charge on any atom is -0.480 e. The average molecular weight is 248 g/mol. The molecule has 1 saturated heterocycles. The van der Waals surface area contributed by atoms with Crippen molar-refractivity contribution in [1.29, 1.82) is 0 Å². The third-order valence-corrected chi connectivity index (χ3v) is 3.18. The van der Waals surface area contributed by atoms with Crippen molar-refractivity contribution in [3.63, 3.8) is 0 Å². The lowest BCUT2D eigenvalue weighted by Gasteiger charge is -2.40. The minimum absolute atomic E-state index is 0.357. The van der Waals surface area contributed by atoms with E-state index in [2.05, 4.69) is 17.1 Å². The van der Waals surface area contributed by atoms with Gasteiger partial charge in [0, 0.05) is 23.8 Å². The van der Waals surface area contributed by atoms with Crippen LogP contribution in [0.25, 0.3) is 0 Å². The number of carboxylic acids is 1. The number of nitrogens with zero attached hydrogens (tertiary/aromatic N) is 1. The average Bonchev–Trinajstić information content (AvgIpc) is 2.35. The maximum Gasteiger partial charge on any atom is 0.322 e. The number of hydrogen-bond acceptors (Lipinski definition) is 3. The van der Waals surface area contributed by atoms with Crippen LogP contribution >= 0.6 is 0 Å². The topological polar surface area (TPSA) is 69.6 Å². The number of carboxylic acid groups (broad SMARTS) is 1. The van der Waals surface area contributed by atoms with E-state index in [1.54, 1.807) is 12.1 Å². The molecule has 1 aromatic rings. The van der Waals surface area contributed by atoms with E-state index in [1.165, 1.54) is 6.42 Å². The molecule has 1 unspecified atom stereocenters. The Morgan fingerprint density at radius 1 is 1.39 bits per heavy atom. The molecule has 96 valence electrons. The summed E-state index contributed by atoms with van der Waals surface area (Å²) in [6, 6.07) is 7.78. The molecular formula is C13H16N2O3. The quantitative estimate of drug-likeness (QED) is 0.837. The maximum absolute atomic E-state index is 11.6. The van der Waals surface area contributed by atoms with E-state index in [9.17, 15) is 9.59 Å². The van der Waals surface area contributed by atoms with E-state index < -0.39 is 5.97 Å². The van der Waals surface area contributed by atoms with Crippen molar-refractivity contribution in [2.45, 2.75) is 19.4 Å². The van der Waals surface area contributed by atoms with E-state index in [-0.39, 0.29) is 12.5 Å². The molecule has 2 rings (SSSR count). The molecule has 0 spiro atoms. The smallest absolute Gasteiger partial charge is 0.322 e. The van der Waals surface area contributed by atoms with Crippen molar-refractivity contribution >= 4 is 17.6 Å². The Kier molecular flexibility index (Phi) is 3.50. The molecule has 1 aliphatic rings. The molecule has 1 heterocycles. The number of benzene rings is 1. The number of carbonyl (C=O) groups is 2. The van der Waals surface area contributed by atoms with E-state index in [0.29, 0.717) is 11.6 Å². The molecule has 0 aliphatic carbocycles. The lowest BCUT2D eigenvalue weighted by Crippen LogP contribution is -2.45. The minimum atomic E-state index is -1.05. The number of carbonyl (C=O) groups excluding carboxylic acids is 1. The van der Waals surface area contributed by atoms with Gasteiger partial charge in [0.2, 0.25) is 0 Å². The van der Waals surface area contributed by atoms with Crippen LogP contribution in [0.15, 0.2) is 24.3 Å². The summed E-state index contributed by atoms with van der Waals surface area (Å²) in [6.45, 7) is 2.85. The van der Waals surface area contributed by atoms with Gasteiger partial charge in [-0.05, 0) is 37.6 Å². The summed E-state index contributed by atoms with van der Waals surface area (Å²) in [5.41, 5.74) is 1.58. The Morgan fingerprint density at radius 3 is 2.50 bits per heavy atom. The van der Waals surface area contributed by atoms with Crippen LogP contribution in [0.3, 0.4) is 0 Å². The van der Waals surface area contributed by atoms with Gasteiger partial charge >= 0.3 is 5.97 Å². The van der Waals surface area contributed by atoms with E-state index >= 15 is 0 Å². The zero-order valence-electron chi connectivity index (χ0n) is 10.2. The fourth-order valence-corrected chi connectivity index (χ4v) is 1.96. The Hall–Kier alpha value is -2.04. The molecule has 0 aromatic heterocycles. The van der Waals surface area contributed by atoms with Crippen molar-refractivity contribution in [3.8, 4) is 0 Å². The van der Waals surface area contributed by atoms with Crippen molar-refractivity contribution in [1.82, 2.24) is 5.32 Å². The van der Waals surface area contributed by atoms with Crippen molar-refractivity contribution in [2.75, 3.05) is 18.0 Å². The molecule has 18 heavy (non-hydrogen) atoms. The lowest BCUT2D eigenvalue weighted by atomic mass is 10.0. The largest absolute Gasteiger partial charge is 0.480 e. The van der Waals surface area contributed by atoms with E-state index in [0.717, 1.165) is 12.2 Å². The summed E-state index contributed by atoms with van der Waals surface area (Å²) in [5.74, 6) is -1.41. The molecule has 1 atom stereocenters. The van der Waals surface area contributed by atoms with Crippen LogP contribution in [-0.2, 0) is 4.79 Å². The van der Waals surface area contributed by atoms with E-state index in [1.807, 2.05) is 12.1 Å². The van der Waals surface area contributed by atoms with Gasteiger partial charge in [0.1, 0.15) is 6.54 Å². The van der Waals surface area contributed by atoms with Gasteiger partial charge in [0.15, 0.2) is 0 Å². The Labute approximate surface area is 105 Å². The first-order chi connectivity index (χ1) is 8.58. The highest BCUT2D eigenvalue weighted by Crippen LogP contribution is 2.26. The molecule has 1 fully saturated rings. The zero-order valence-corrected chi connectivity index (χ0v) is 10.2. The van der Waals surface area contributed by atoms with Gasteiger partial charge in [0.05, 0.1) is 0 Å². The highest BCUT2D eigenvalue weighted by Gasteiger charge is 2.23. The van der Waals surface area contributed by atoms with Crippen LogP contribution in [0.1, 0.15) is 23.7 Å². The SMILES string of the molecule is CC1CCN1c1ccc(C(=O)NCC(=O)O)cc1. The molecule has 0 bridgehead atoms. The van der Waals surface area contributed by atoms with Crippen LogP contribution in [0.2, 0.25) is 0 Å². The van der Waals surface area contributed by atoms with Crippen molar-refractivity contribution in [2.24, 2.45) is 0 Å². The second-order valence-corrected chi connectivity index (χ2v) is 4.45. The first kappa shape index (κ1) is 12.4. The second kappa shape index (κ2) is 5.08. The number of rotatable bonds is 4. The van der Waals surface area contributed by atoms with Gasteiger partial charge in [-0.3, -0.25) is 9.59 Å². The summed E-state index contributed by atoms with van der Waals surface area (Å²) in [6.07, 6.45) is 1.20. The standard InChI is InChI=1S/C13H16N2O3/c1-9-6-7-15(9)11-4-2-10(3-5-11)13(18)14-8-12(16)17/h2-5,9H,6-8H2,1H3,(H,14,18)(H,16,17). The predicted molar refractivity (Wildman–Crippen MR) is 67.8 cm³/mol.